The molecule has 0 saturated heterocycles. The number of aliphatic hydroxyl groups is 1. The Morgan fingerprint density at radius 1 is 1.20 bits per heavy atom. The van der Waals surface area contributed by atoms with E-state index in [4.69, 9.17) is 27.9 Å². The highest BCUT2D eigenvalue weighted by atomic mass is 35.5. The molecule has 0 saturated carbocycles. The number of nitrogens with zero attached hydrogens (tertiary/aromatic N) is 3. The number of carbonyl (C=O) groups is 3. The van der Waals surface area contributed by atoms with Crippen LogP contribution in [0, 0.1) is 0 Å². The number of halogens is 2. The SMILES string of the molecule is CN(Cc1ccc(Cl)c(Cl)c1)C(=O)C1=C(O)C(=O)N(CCN(C)S(=O)(=O)NC(=O)OC(C)(C)C)C1. The molecule has 0 aliphatic carbocycles. The number of ether oxygens (including phenoxy) is 1. The summed E-state index contributed by atoms with van der Waals surface area (Å²) in [5.74, 6) is -2.08. The fourth-order valence-electron chi connectivity index (χ4n) is 3.04. The van der Waals surface area contributed by atoms with Gasteiger partial charge in [0.15, 0.2) is 5.76 Å². The first-order chi connectivity index (χ1) is 16.0. The third kappa shape index (κ3) is 7.72. The van der Waals surface area contributed by atoms with Gasteiger partial charge in [0.2, 0.25) is 0 Å². The molecule has 0 radical (unpaired) electrons. The highest BCUT2D eigenvalue weighted by Gasteiger charge is 2.36. The van der Waals surface area contributed by atoms with E-state index in [0.717, 1.165) is 9.21 Å². The average molecular weight is 551 g/mol. The topological polar surface area (TPSA) is 137 Å². The number of rotatable bonds is 8. The lowest BCUT2D eigenvalue weighted by Crippen LogP contribution is -2.46. The van der Waals surface area contributed by atoms with Gasteiger partial charge in [-0.3, -0.25) is 9.59 Å². The lowest BCUT2D eigenvalue weighted by Gasteiger charge is -2.24. The second kappa shape index (κ2) is 11.0. The summed E-state index contributed by atoms with van der Waals surface area (Å²) in [4.78, 5) is 39.5. The predicted octanol–water partition coefficient (Wildman–Crippen LogP) is 2.31. The third-order valence-corrected chi connectivity index (χ3v) is 7.01. The maximum absolute atomic E-state index is 12.8. The molecule has 11 nitrogen and oxygen atoms in total. The molecule has 0 spiro atoms. The first-order valence-corrected chi connectivity index (χ1v) is 12.6. The minimum absolute atomic E-state index is 0.116. The summed E-state index contributed by atoms with van der Waals surface area (Å²) in [6.07, 6.45) is -1.14. The van der Waals surface area contributed by atoms with Gasteiger partial charge in [-0.15, -0.1) is 0 Å². The number of likely N-dealkylation sites (N-methyl/N-ethyl adjacent to an activating group) is 2. The number of carbonyl (C=O) groups excluding carboxylic acids is 3. The van der Waals surface area contributed by atoms with Gasteiger partial charge in [0.1, 0.15) is 5.60 Å². The number of hydrogen-bond donors (Lipinski definition) is 2. The zero-order chi connectivity index (χ0) is 26.7. The molecule has 2 N–H and O–H groups in total. The van der Waals surface area contributed by atoms with E-state index in [1.807, 2.05) is 0 Å². The number of aliphatic hydroxyl groups excluding tert-OH is 1. The smallest absolute Gasteiger partial charge is 0.422 e. The van der Waals surface area contributed by atoms with E-state index in [9.17, 15) is 27.9 Å². The van der Waals surface area contributed by atoms with E-state index in [2.05, 4.69) is 0 Å². The molecule has 0 unspecified atom stereocenters. The van der Waals surface area contributed by atoms with Crippen LogP contribution in [0.5, 0.6) is 0 Å². The first-order valence-electron chi connectivity index (χ1n) is 10.4. The minimum atomic E-state index is -4.24. The Balaban J connectivity index is 1.97. The average Bonchev–Trinajstić information content (AvgIpc) is 3.00. The van der Waals surface area contributed by atoms with Crippen molar-refractivity contribution >= 4 is 51.3 Å². The van der Waals surface area contributed by atoms with Gasteiger partial charge in [-0.1, -0.05) is 29.3 Å². The molecular weight excluding hydrogens is 523 g/mol. The van der Waals surface area contributed by atoms with Crippen LogP contribution >= 0.6 is 23.2 Å². The molecule has 2 rings (SSSR count). The van der Waals surface area contributed by atoms with Crippen LogP contribution in [0.4, 0.5) is 4.79 Å². The Hall–Kier alpha value is -2.54. The first kappa shape index (κ1) is 28.7. The van der Waals surface area contributed by atoms with Crippen molar-refractivity contribution in [1.29, 1.82) is 0 Å². The zero-order valence-electron chi connectivity index (χ0n) is 20.0. The van der Waals surface area contributed by atoms with Crippen LogP contribution in [0.1, 0.15) is 26.3 Å². The van der Waals surface area contributed by atoms with E-state index in [1.54, 1.807) is 43.7 Å². The summed E-state index contributed by atoms with van der Waals surface area (Å²) in [6, 6.07) is 4.90. The van der Waals surface area contributed by atoms with Crippen molar-refractivity contribution in [2.75, 3.05) is 33.7 Å². The van der Waals surface area contributed by atoms with Crippen molar-refractivity contribution in [1.82, 2.24) is 18.8 Å². The monoisotopic (exact) mass is 550 g/mol. The van der Waals surface area contributed by atoms with E-state index < -0.39 is 39.5 Å². The lowest BCUT2D eigenvalue weighted by molar-refractivity contribution is -0.128. The lowest BCUT2D eigenvalue weighted by atomic mass is 10.2. The van der Waals surface area contributed by atoms with E-state index >= 15 is 0 Å². The molecule has 194 valence electrons. The molecule has 1 aliphatic heterocycles. The maximum atomic E-state index is 12.8. The Kier molecular flexibility index (Phi) is 9.04. The van der Waals surface area contributed by atoms with Crippen LogP contribution in [0.2, 0.25) is 10.0 Å². The second-order valence-electron chi connectivity index (χ2n) is 8.89. The van der Waals surface area contributed by atoms with Gasteiger partial charge in [-0.05, 0) is 38.5 Å². The van der Waals surface area contributed by atoms with E-state index in [0.29, 0.717) is 15.6 Å². The van der Waals surface area contributed by atoms with Gasteiger partial charge in [0.05, 0.1) is 22.2 Å². The summed E-state index contributed by atoms with van der Waals surface area (Å²) in [5.41, 5.74) is -0.310. The largest absolute Gasteiger partial charge is 0.503 e. The van der Waals surface area contributed by atoms with Crippen LogP contribution in [-0.2, 0) is 31.1 Å². The minimum Gasteiger partial charge on any atom is -0.503 e. The quantitative estimate of drug-likeness (QED) is 0.506. The van der Waals surface area contributed by atoms with Gasteiger partial charge in [-0.25, -0.2) is 9.52 Å². The van der Waals surface area contributed by atoms with Crippen molar-refractivity contribution in [3.8, 4) is 0 Å². The highest BCUT2D eigenvalue weighted by molar-refractivity contribution is 7.87. The van der Waals surface area contributed by atoms with Crippen LogP contribution in [0.25, 0.3) is 0 Å². The van der Waals surface area contributed by atoms with Crippen LogP contribution in [-0.4, -0.2) is 84.9 Å². The van der Waals surface area contributed by atoms with Crippen LogP contribution in [0.3, 0.4) is 0 Å². The molecule has 3 amide bonds. The number of hydrogen-bond acceptors (Lipinski definition) is 7. The van der Waals surface area contributed by atoms with Crippen molar-refractivity contribution in [2.24, 2.45) is 0 Å². The summed E-state index contributed by atoms with van der Waals surface area (Å²) in [5, 5.41) is 10.9. The van der Waals surface area contributed by atoms with Gasteiger partial charge < -0.3 is 19.6 Å². The molecule has 1 aliphatic rings. The Bertz CT molecular complexity index is 1150. The molecule has 1 heterocycles. The summed E-state index contributed by atoms with van der Waals surface area (Å²) < 4.78 is 32.2. The Morgan fingerprint density at radius 2 is 1.83 bits per heavy atom. The van der Waals surface area contributed by atoms with Gasteiger partial charge >= 0.3 is 16.3 Å². The van der Waals surface area contributed by atoms with E-state index in [-0.39, 0.29) is 31.8 Å². The van der Waals surface area contributed by atoms with Gasteiger partial charge in [0.25, 0.3) is 11.8 Å². The standard InChI is InChI=1S/C21H28Cl2N4O7S/c1-21(2,3)34-20(31)24-35(32,33)26(5)8-9-27-12-14(17(28)19(27)30)18(29)25(4)11-13-6-7-15(22)16(23)10-13/h6-7,10,28H,8-9,11-12H2,1-5H3,(H,24,31). The Labute approximate surface area is 214 Å². The summed E-state index contributed by atoms with van der Waals surface area (Å²) in [6.45, 7) is 4.35. The summed E-state index contributed by atoms with van der Waals surface area (Å²) in [7, 11) is -1.53. The molecule has 0 fully saturated rings. The maximum Gasteiger partial charge on any atom is 0.422 e. The number of amides is 3. The number of benzene rings is 1. The Morgan fingerprint density at radius 3 is 2.40 bits per heavy atom. The fraction of sp³-hybridized carbons (Fsp3) is 0.476. The van der Waals surface area contributed by atoms with Crippen molar-refractivity contribution in [2.45, 2.75) is 32.9 Å². The highest BCUT2D eigenvalue weighted by Crippen LogP contribution is 2.24. The van der Waals surface area contributed by atoms with Crippen molar-refractivity contribution in [3.05, 3.63) is 45.1 Å². The molecule has 35 heavy (non-hydrogen) atoms. The zero-order valence-corrected chi connectivity index (χ0v) is 22.3. The predicted molar refractivity (Wildman–Crippen MR) is 130 cm³/mol. The molecule has 1 aromatic carbocycles. The molecule has 14 heteroatoms. The van der Waals surface area contributed by atoms with Crippen LogP contribution in [0.15, 0.2) is 29.5 Å². The molecule has 1 aromatic rings. The third-order valence-electron chi connectivity index (χ3n) is 4.84. The van der Waals surface area contributed by atoms with E-state index in [1.165, 1.54) is 19.0 Å². The van der Waals surface area contributed by atoms with Gasteiger partial charge in [0, 0.05) is 33.7 Å². The molecule has 0 bridgehead atoms. The van der Waals surface area contributed by atoms with Crippen molar-refractivity contribution < 1.29 is 32.6 Å². The molecule has 0 atom stereocenters. The fourth-order valence-corrected chi connectivity index (χ4v) is 4.09. The van der Waals surface area contributed by atoms with Crippen LogP contribution < -0.4 is 4.72 Å². The number of nitrogens with one attached hydrogen (secondary N) is 1. The van der Waals surface area contributed by atoms with Gasteiger partial charge in [-0.2, -0.15) is 12.7 Å². The molecular formula is C21H28Cl2N4O7S. The van der Waals surface area contributed by atoms with Crippen molar-refractivity contribution in [3.63, 3.8) is 0 Å². The molecule has 0 aromatic heterocycles. The summed E-state index contributed by atoms with van der Waals surface area (Å²) >= 11 is 11.9. The normalized spacial score (nSPS) is 14.5. The second-order valence-corrected chi connectivity index (χ2v) is 11.5.